The van der Waals surface area contributed by atoms with Crippen molar-refractivity contribution in [2.45, 2.75) is 18.4 Å². The van der Waals surface area contributed by atoms with Crippen molar-refractivity contribution in [1.29, 1.82) is 0 Å². The van der Waals surface area contributed by atoms with Gasteiger partial charge in [0, 0.05) is 6.61 Å². The number of carbonyl (C=O) groups is 1. The molecule has 3 rings (SSSR count). The molecule has 3 heteroatoms. The first-order chi connectivity index (χ1) is 5.33. The highest BCUT2D eigenvalue weighted by molar-refractivity contribution is 5.78. The Hall–Kier alpha value is -0.570. The van der Waals surface area contributed by atoms with Crippen LogP contribution in [-0.2, 0) is 14.3 Å². The van der Waals surface area contributed by atoms with Crippen LogP contribution < -0.4 is 0 Å². The van der Waals surface area contributed by atoms with E-state index in [9.17, 15) is 4.79 Å². The van der Waals surface area contributed by atoms with Gasteiger partial charge < -0.3 is 9.47 Å². The average molecular weight is 154 g/mol. The molecule has 1 aliphatic carbocycles. The summed E-state index contributed by atoms with van der Waals surface area (Å²) in [6, 6.07) is 0. The number of hydrogen-bond acceptors (Lipinski definition) is 3. The number of ether oxygens (including phenoxy) is 2. The molecule has 3 atom stereocenters. The van der Waals surface area contributed by atoms with Crippen LogP contribution >= 0.6 is 0 Å². The molecule has 2 heterocycles. The van der Waals surface area contributed by atoms with E-state index in [1.807, 2.05) is 0 Å². The molecule has 0 aromatic rings. The maximum atomic E-state index is 11.1. The lowest BCUT2D eigenvalue weighted by molar-refractivity contribution is -0.147. The molecule has 11 heavy (non-hydrogen) atoms. The first-order valence-corrected chi connectivity index (χ1v) is 4.13. The minimum atomic E-state index is -0.156. The molecule has 1 spiro atoms. The van der Waals surface area contributed by atoms with E-state index in [1.54, 1.807) is 0 Å². The van der Waals surface area contributed by atoms with Crippen LogP contribution in [0.1, 0.15) is 12.8 Å². The van der Waals surface area contributed by atoms with Crippen molar-refractivity contribution in [2.75, 3.05) is 13.2 Å². The van der Waals surface area contributed by atoms with Gasteiger partial charge >= 0.3 is 5.97 Å². The second-order valence-corrected chi connectivity index (χ2v) is 3.69. The molecular formula is C8H10O3. The van der Waals surface area contributed by atoms with Gasteiger partial charge in [-0.25, -0.2) is 0 Å². The van der Waals surface area contributed by atoms with Crippen molar-refractivity contribution in [2.24, 2.45) is 11.8 Å². The summed E-state index contributed by atoms with van der Waals surface area (Å²) in [6.07, 6.45) is 2.12. The molecule has 0 aromatic heterocycles. The normalized spacial score (nSPS) is 52.9. The zero-order valence-corrected chi connectivity index (χ0v) is 6.21. The average Bonchev–Trinajstić information content (AvgIpc) is 2.39. The number of hydrogen-bond donors (Lipinski definition) is 0. The zero-order valence-electron chi connectivity index (χ0n) is 6.21. The Balaban J connectivity index is 1.98. The van der Waals surface area contributed by atoms with Crippen LogP contribution in [-0.4, -0.2) is 24.8 Å². The molecule has 0 unspecified atom stereocenters. The highest BCUT2D eigenvalue weighted by Gasteiger charge is 2.66. The molecule has 0 N–H and O–H groups in total. The number of rotatable bonds is 0. The van der Waals surface area contributed by atoms with Crippen molar-refractivity contribution >= 4 is 5.97 Å². The summed E-state index contributed by atoms with van der Waals surface area (Å²) in [7, 11) is 0. The molecule has 60 valence electrons. The largest absolute Gasteiger partial charge is 0.462 e. The third kappa shape index (κ3) is 0.495. The van der Waals surface area contributed by atoms with Crippen molar-refractivity contribution in [1.82, 2.24) is 0 Å². The Morgan fingerprint density at radius 2 is 2.45 bits per heavy atom. The smallest absolute Gasteiger partial charge is 0.312 e. The molecule has 0 amide bonds. The Kier molecular flexibility index (Phi) is 0.876. The molecule has 3 fully saturated rings. The Morgan fingerprint density at radius 1 is 1.55 bits per heavy atom. The lowest BCUT2D eigenvalue weighted by atomic mass is 9.63. The SMILES string of the molecule is O=C1OC[C@]23OCC[C@H]2C[C@H]13. The summed E-state index contributed by atoms with van der Waals surface area (Å²) in [6.45, 7) is 1.33. The predicted molar refractivity (Wildman–Crippen MR) is 35.9 cm³/mol. The Labute approximate surface area is 64.7 Å². The highest BCUT2D eigenvalue weighted by Crippen LogP contribution is 2.56. The molecule has 1 saturated carbocycles. The van der Waals surface area contributed by atoms with Crippen LogP contribution in [0.25, 0.3) is 0 Å². The number of cyclic esters (lactones) is 1. The van der Waals surface area contributed by atoms with Crippen LogP contribution in [0.15, 0.2) is 0 Å². The molecule has 2 saturated heterocycles. The molecule has 0 radical (unpaired) electrons. The van der Waals surface area contributed by atoms with Gasteiger partial charge in [0.25, 0.3) is 0 Å². The van der Waals surface area contributed by atoms with Gasteiger partial charge in [-0.05, 0) is 18.8 Å². The lowest BCUT2D eigenvalue weighted by Crippen LogP contribution is -2.53. The van der Waals surface area contributed by atoms with Gasteiger partial charge in [0.05, 0.1) is 5.92 Å². The predicted octanol–water partition coefficient (Wildman–Crippen LogP) is 0.338. The first-order valence-electron chi connectivity index (χ1n) is 4.13. The fraction of sp³-hybridized carbons (Fsp3) is 0.875. The van der Waals surface area contributed by atoms with E-state index in [1.165, 1.54) is 0 Å². The first kappa shape index (κ1) is 6.00. The van der Waals surface area contributed by atoms with E-state index in [2.05, 4.69) is 0 Å². The summed E-state index contributed by atoms with van der Waals surface area (Å²) >= 11 is 0. The zero-order chi connectivity index (χ0) is 7.47. The van der Waals surface area contributed by atoms with Crippen LogP contribution in [0.5, 0.6) is 0 Å². The quantitative estimate of drug-likeness (QED) is 0.472. The van der Waals surface area contributed by atoms with Crippen molar-refractivity contribution in [3.63, 3.8) is 0 Å². The standard InChI is InChI=1S/C8H10O3/c9-7-6-3-5-1-2-11-8(5,6)4-10-7/h5-6H,1-4H2/t5-,6+,8-/m0/s1. The maximum Gasteiger partial charge on any atom is 0.312 e. The number of carbonyl (C=O) groups excluding carboxylic acids is 1. The van der Waals surface area contributed by atoms with Gasteiger partial charge in [-0.2, -0.15) is 0 Å². The summed E-state index contributed by atoms with van der Waals surface area (Å²) in [5, 5.41) is 0. The minimum Gasteiger partial charge on any atom is -0.462 e. The highest BCUT2D eigenvalue weighted by atomic mass is 16.6. The van der Waals surface area contributed by atoms with Crippen molar-refractivity contribution < 1.29 is 14.3 Å². The molecule has 3 nitrogen and oxygen atoms in total. The summed E-state index contributed by atoms with van der Waals surface area (Å²) in [4.78, 5) is 11.1. The summed E-state index contributed by atoms with van der Waals surface area (Å²) < 4.78 is 10.6. The van der Waals surface area contributed by atoms with Gasteiger partial charge in [0.2, 0.25) is 0 Å². The molecule has 0 bridgehead atoms. The van der Waals surface area contributed by atoms with E-state index < -0.39 is 0 Å². The van der Waals surface area contributed by atoms with Crippen LogP contribution in [0.2, 0.25) is 0 Å². The lowest BCUT2D eigenvalue weighted by Gasteiger charge is -2.42. The van der Waals surface area contributed by atoms with Crippen molar-refractivity contribution in [3.8, 4) is 0 Å². The van der Waals surface area contributed by atoms with Gasteiger partial charge in [0.1, 0.15) is 12.2 Å². The van der Waals surface area contributed by atoms with Crippen LogP contribution in [0.4, 0.5) is 0 Å². The van der Waals surface area contributed by atoms with E-state index in [0.29, 0.717) is 12.5 Å². The van der Waals surface area contributed by atoms with Crippen LogP contribution in [0.3, 0.4) is 0 Å². The topological polar surface area (TPSA) is 35.5 Å². The van der Waals surface area contributed by atoms with Gasteiger partial charge in [-0.15, -0.1) is 0 Å². The third-order valence-electron chi connectivity index (χ3n) is 3.36. The van der Waals surface area contributed by atoms with Crippen molar-refractivity contribution in [3.05, 3.63) is 0 Å². The summed E-state index contributed by atoms with van der Waals surface area (Å²) in [5.74, 6) is 0.650. The molecular weight excluding hydrogens is 144 g/mol. The summed E-state index contributed by atoms with van der Waals surface area (Å²) in [5.41, 5.74) is -0.156. The van der Waals surface area contributed by atoms with E-state index in [-0.39, 0.29) is 17.5 Å². The van der Waals surface area contributed by atoms with Gasteiger partial charge in [0.15, 0.2) is 0 Å². The maximum absolute atomic E-state index is 11.1. The van der Waals surface area contributed by atoms with Gasteiger partial charge in [-0.1, -0.05) is 0 Å². The fourth-order valence-electron chi connectivity index (χ4n) is 2.62. The van der Waals surface area contributed by atoms with Gasteiger partial charge in [-0.3, -0.25) is 4.79 Å². The van der Waals surface area contributed by atoms with E-state index in [0.717, 1.165) is 19.4 Å². The minimum absolute atomic E-state index is 0.0387. The second-order valence-electron chi connectivity index (χ2n) is 3.69. The van der Waals surface area contributed by atoms with E-state index >= 15 is 0 Å². The molecule has 0 aromatic carbocycles. The third-order valence-corrected chi connectivity index (χ3v) is 3.36. The fourth-order valence-corrected chi connectivity index (χ4v) is 2.62. The van der Waals surface area contributed by atoms with E-state index in [4.69, 9.17) is 9.47 Å². The Morgan fingerprint density at radius 3 is 3.18 bits per heavy atom. The number of esters is 1. The monoisotopic (exact) mass is 154 g/mol. The second kappa shape index (κ2) is 1.61. The van der Waals surface area contributed by atoms with Crippen LogP contribution in [0, 0.1) is 11.8 Å². The molecule has 2 aliphatic heterocycles. The Bertz CT molecular complexity index is 225. The molecule has 3 aliphatic rings.